The Morgan fingerprint density at radius 3 is 0.286 bits per heavy atom. The second-order valence-corrected chi connectivity index (χ2v) is 0.577. The molecule has 0 saturated heterocycles. The average Bonchev–Trinajstić information content (AvgIpc) is 1.25. The summed E-state index contributed by atoms with van der Waals surface area (Å²) in [5.74, 6) is 0. The quantitative estimate of drug-likeness (QED) is 0.294. The van der Waals surface area contributed by atoms with Gasteiger partial charge in [-0.15, -0.1) is 0 Å². The molecule has 0 aliphatic heterocycles. The molecule has 0 spiro atoms. The number of hydrogen-bond donors (Lipinski definition) is 0. The molecule has 0 aromatic carbocycles. The van der Waals surface area contributed by atoms with Gasteiger partial charge in [0.15, 0.2) is 0 Å². The number of rotatable bonds is 0. The molecule has 0 bridgehead atoms. The Bertz CT molecular complexity index is 37.0. The van der Waals surface area contributed by atoms with Crippen LogP contribution in [0, 0.1) is 0 Å². The van der Waals surface area contributed by atoms with Crippen LogP contribution in [0.2, 0.25) is 0 Å². The molecule has 0 heterocycles. The van der Waals surface area contributed by atoms with Gasteiger partial charge in [-0.3, -0.25) is 14.6 Å². The van der Waals surface area contributed by atoms with E-state index in [2.05, 4.69) is 0 Å². The van der Waals surface area contributed by atoms with E-state index >= 15 is 0 Å². The average molecular weight is 494 g/mol. The van der Waals surface area contributed by atoms with Crippen molar-refractivity contribution in [1.82, 2.24) is 0 Å². The van der Waals surface area contributed by atoms with E-state index in [9.17, 15) is 0 Å². The molecular formula is H20B2O16Zn3. The van der Waals surface area contributed by atoms with Gasteiger partial charge in [0.2, 0.25) is 0 Å². The van der Waals surface area contributed by atoms with E-state index in [0.29, 0.717) is 0 Å². The van der Waals surface area contributed by atoms with Crippen LogP contribution in [0.3, 0.4) is 0 Å². The molecule has 16 nitrogen and oxygen atoms in total. The molecule has 0 aliphatic rings. The molecule has 0 aromatic rings. The second kappa shape index (κ2) is 163. The van der Waals surface area contributed by atoms with E-state index in [1.165, 1.54) is 0 Å². The molecule has 0 saturated carbocycles. The predicted molar refractivity (Wildman–Crippen MR) is 47.6 cm³/mol. The largest absolute Gasteiger partial charge is 2.00 e. The SMILES string of the molecule is O.O.O.O.O.O.O.O.O.O.[O-]B([O-])[O-].[O-]B([O-])[O-].[Zn+2].[Zn+2].[Zn+2]. The van der Waals surface area contributed by atoms with Gasteiger partial charge in [-0.05, 0) is 0 Å². The summed E-state index contributed by atoms with van der Waals surface area (Å²) in [5, 5.41) is 50.5. The molecule has 0 fully saturated rings. The van der Waals surface area contributed by atoms with Crippen molar-refractivity contribution >= 4 is 14.6 Å². The number of hydrogen-bond acceptors (Lipinski definition) is 6. The molecule has 21 heavy (non-hydrogen) atoms. The Balaban J connectivity index is -0.00000000163. The summed E-state index contributed by atoms with van der Waals surface area (Å²) < 4.78 is 0. The summed E-state index contributed by atoms with van der Waals surface area (Å²) in [7, 11) is -5.83. The maximum Gasteiger partial charge on any atom is 2.00 e. The maximum atomic E-state index is 8.42. The van der Waals surface area contributed by atoms with E-state index < -0.39 is 14.6 Å². The smallest absolute Gasteiger partial charge is 0.907 e. The zero-order valence-corrected chi connectivity index (χ0v) is 19.6. The van der Waals surface area contributed by atoms with Crippen LogP contribution in [-0.2, 0) is 58.4 Å². The Hall–Kier alpha value is 1.36. The van der Waals surface area contributed by atoms with Crippen LogP contribution in [0.15, 0.2) is 0 Å². The van der Waals surface area contributed by atoms with Gasteiger partial charge in [0.05, 0.1) is 0 Å². The van der Waals surface area contributed by atoms with E-state index in [4.69, 9.17) is 30.1 Å². The molecular weight excluding hydrogens is 474 g/mol. The summed E-state index contributed by atoms with van der Waals surface area (Å²) >= 11 is 0. The van der Waals surface area contributed by atoms with Crippen LogP contribution in [-0.4, -0.2) is 69.4 Å². The Kier molecular flexibility index (Phi) is 1470. The summed E-state index contributed by atoms with van der Waals surface area (Å²) in [6.07, 6.45) is 0. The summed E-state index contributed by atoms with van der Waals surface area (Å²) in [6.45, 7) is 0. The van der Waals surface area contributed by atoms with Crippen LogP contribution in [0.4, 0.5) is 0 Å². The van der Waals surface area contributed by atoms with Gasteiger partial charge in [-0.25, -0.2) is 0 Å². The molecule has 0 amide bonds. The van der Waals surface area contributed by atoms with E-state index in [0.717, 1.165) is 0 Å². The topological polar surface area (TPSA) is 453 Å². The van der Waals surface area contributed by atoms with Crippen molar-refractivity contribution in [2.24, 2.45) is 0 Å². The van der Waals surface area contributed by atoms with Crippen molar-refractivity contribution < 1.29 is 143 Å². The third kappa shape index (κ3) is 4330. The van der Waals surface area contributed by atoms with Crippen LogP contribution >= 0.6 is 0 Å². The molecule has 0 atom stereocenters. The molecule has 0 rings (SSSR count). The first-order valence-corrected chi connectivity index (χ1v) is 1.41. The molecule has 0 radical (unpaired) electrons. The monoisotopic (exact) mass is 490 g/mol. The fourth-order valence-electron chi connectivity index (χ4n) is 0. The molecule has 0 aromatic heterocycles. The maximum absolute atomic E-state index is 8.42. The molecule has 0 aliphatic carbocycles. The summed E-state index contributed by atoms with van der Waals surface area (Å²) in [4.78, 5) is 0. The zero-order valence-electron chi connectivity index (χ0n) is 10.7. The Labute approximate surface area is 157 Å². The first-order valence-electron chi connectivity index (χ1n) is 1.41. The Morgan fingerprint density at radius 2 is 0.286 bits per heavy atom. The van der Waals surface area contributed by atoms with Crippen LogP contribution < -0.4 is 30.1 Å². The zero-order chi connectivity index (χ0) is 7.15. The third-order valence-electron chi connectivity index (χ3n) is 0. The van der Waals surface area contributed by atoms with Gasteiger partial charge in [0.25, 0.3) is 0 Å². The van der Waals surface area contributed by atoms with Crippen LogP contribution in [0.1, 0.15) is 0 Å². The van der Waals surface area contributed by atoms with Crippen molar-refractivity contribution in [3.8, 4) is 0 Å². The van der Waals surface area contributed by atoms with Gasteiger partial charge in [-0.2, -0.15) is 0 Å². The second-order valence-electron chi connectivity index (χ2n) is 0.577. The van der Waals surface area contributed by atoms with Crippen LogP contribution in [0.25, 0.3) is 0 Å². The van der Waals surface area contributed by atoms with E-state index in [1.807, 2.05) is 0 Å². The fourth-order valence-corrected chi connectivity index (χ4v) is 0. The van der Waals surface area contributed by atoms with Crippen molar-refractivity contribution in [3.63, 3.8) is 0 Å². The summed E-state index contributed by atoms with van der Waals surface area (Å²) in [5.41, 5.74) is 0. The first-order chi connectivity index (χ1) is 3.46. The normalized spacial score (nSPS) is 2.57. The third-order valence-corrected chi connectivity index (χ3v) is 0. The fraction of sp³-hybridized carbons (Fsp3) is 0. The van der Waals surface area contributed by atoms with Crippen molar-refractivity contribution in [3.05, 3.63) is 0 Å². The van der Waals surface area contributed by atoms with Crippen molar-refractivity contribution in [1.29, 1.82) is 0 Å². The molecule has 20 N–H and O–H groups in total. The van der Waals surface area contributed by atoms with Gasteiger partial charge in [0, 0.05) is 0 Å². The van der Waals surface area contributed by atoms with E-state index in [-0.39, 0.29) is 113 Å². The van der Waals surface area contributed by atoms with Crippen molar-refractivity contribution in [2.45, 2.75) is 0 Å². The van der Waals surface area contributed by atoms with E-state index in [1.54, 1.807) is 0 Å². The minimum Gasteiger partial charge on any atom is -0.907 e. The van der Waals surface area contributed by atoms with Gasteiger partial charge in [0.1, 0.15) is 0 Å². The predicted octanol–water partition coefficient (Wildman–Crippen LogP) is -16.2. The van der Waals surface area contributed by atoms with Crippen LogP contribution in [0.5, 0.6) is 0 Å². The Morgan fingerprint density at radius 1 is 0.286 bits per heavy atom. The van der Waals surface area contributed by atoms with Gasteiger partial charge >= 0.3 is 58.4 Å². The van der Waals surface area contributed by atoms with Gasteiger partial charge in [-0.1, -0.05) is 0 Å². The molecule has 128 valence electrons. The first kappa shape index (κ1) is 188. The van der Waals surface area contributed by atoms with Gasteiger partial charge < -0.3 is 84.9 Å². The minimum absolute atomic E-state index is 0. The molecule has 21 heteroatoms. The van der Waals surface area contributed by atoms with Crippen molar-refractivity contribution in [2.75, 3.05) is 0 Å². The standard InChI is InChI=1S/2BO3.10H2O.3Zn/c2*2-1(3)4;;;;;;;;;;;;;/h;;10*1H2;;;/q2*-3;;;;;;;;;;;3*+2. The summed E-state index contributed by atoms with van der Waals surface area (Å²) in [6, 6.07) is 0. The minimum atomic E-state index is -2.92. The molecule has 0 unspecified atom stereocenters.